The first-order valence-electron chi connectivity index (χ1n) is 5.95. The minimum Gasteiger partial charge on any atom is -0.346 e. The number of carbonyl (C=O) groups excluding carboxylic acids is 1. The maximum atomic E-state index is 12.1. The molecule has 18 heavy (non-hydrogen) atoms. The smallest absolute Gasteiger partial charge is 0.252 e. The third-order valence-electron chi connectivity index (χ3n) is 2.91. The zero-order valence-corrected chi connectivity index (χ0v) is 10.6. The lowest BCUT2D eigenvalue weighted by Crippen LogP contribution is -2.27. The molecule has 0 saturated heterocycles. The average Bonchev–Trinajstić information content (AvgIpc) is 2.40. The number of aromatic nitrogens is 1. The molecule has 0 spiro atoms. The van der Waals surface area contributed by atoms with E-state index in [1.54, 1.807) is 18.5 Å². The van der Waals surface area contributed by atoms with Crippen LogP contribution < -0.4 is 5.32 Å². The number of pyridine rings is 1. The van der Waals surface area contributed by atoms with Gasteiger partial charge in [0.15, 0.2) is 0 Å². The summed E-state index contributed by atoms with van der Waals surface area (Å²) in [6, 6.07) is 11.6. The standard InChI is InChI=1S/C15H16N2O/c1-11-10-16-9-8-14(11)15(18)17-12(2)13-6-4-3-5-7-13/h3-10,12H,1-2H3,(H,17,18)/t12-/m1/s1. The fraction of sp³-hybridized carbons (Fsp3) is 0.200. The highest BCUT2D eigenvalue weighted by Gasteiger charge is 2.12. The molecule has 2 rings (SSSR count). The van der Waals surface area contributed by atoms with Crippen LogP contribution in [0.4, 0.5) is 0 Å². The van der Waals surface area contributed by atoms with Crippen molar-refractivity contribution >= 4 is 5.91 Å². The first kappa shape index (κ1) is 12.3. The van der Waals surface area contributed by atoms with Gasteiger partial charge in [0.2, 0.25) is 0 Å². The van der Waals surface area contributed by atoms with Crippen molar-refractivity contribution in [1.82, 2.24) is 10.3 Å². The van der Waals surface area contributed by atoms with E-state index in [2.05, 4.69) is 10.3 Å². The van der Waals surface area contributed by atoms with Gasteiger partial charge in [0.25, 0.3) is 5.91 Å². The summed E-state index contributed by atoms with van der Waals surface area (Å²) in [4.78, 5) is 16.1. The Kier molecular flexibility index (Phi) is 3.72. The molecule has 0 fully saturated rings. The van der Waals surface area contributed by atoms with E-state index in [1.165, 1.54) is 0 Å². The number of hydrogen-bond donors (Lipinski definition) is 1. The molecule has 0 saturated carbocycles. The SMILES string of the molecule is Cc1cnccc1C(=O)N[C@H](C)c1ccccc1. The Labute approximate surface area is 107 Å². The highest BCUT2D eigenvalue weighted by Crippen LogP contribution is 2.13. The Morgan fingerprint density at radius 3 is 2.61 bits per heavy atom. The molecule has 0 radical (unpaired) electrons. The van der Waals surface area contributed by atoms with Gasteiger partial charge in [-0.2, -0.15) is 0 Å². The van der Waals surface area contributed by atoms with E-state index in [9.17, 15) is 4.79 Å². The van der Waals surface area contributed by atoms with Crippen LogP contribution in [-0.2, 0) is 0 Å². The van der Waals surface area contributed by atoms with Gasteiger partial charge in [-0.25, -0.2) is 0 Å². The number of amides is 1. The van der Waals surface area contributed by atoms with Gasteiger partial charge in [-0.1, -0.05) is 30.3 Å². The van der Waals surface area contributed by atoms with E-state index in [0.717, 1.165) is 11.1 Å². The molecule has 0 aliphatic rings. The summed E-state index contributed by atoms with van der Waals surface area (Å²) < 4.78 is 0. The van der Waals surface area contributed by atoms with Crippen molar-refractivity contribution in [2.75, 3.05) is 0 Å². The lowest BCUT2D eigenvalue weighted by Gasteiger charge is -2.15. The fourth-order valence-electron chi connectivity index (χ4n) is 1.83. The van der Waals surface area contributed by atoms with Gasteiger partial charge in [0.05, 0.1) is 6.04 Å². The summed E-state index contributed by atoms with van der Waals surface area (Å²) in [5, 5.41) is 2.99. The van der Waals surface area contributed by atoms with Gasteiger partial charge in [-0.3, -0.25) is 9.78 Å². The molecule has 92 valence electrons. The highest BCUT2D eigenvalue weighted by molar-refractivity contribution is 5.95. The maximum Gasteiger partial charge on any atom is 0.252 e. The quantitative estimate of drug-likeness (QED) is 0.896. The van der Waals surface area contributed by atoms with Crippen molar-refractivity contribution in [2.24, 2.45) is 0 Å². The fourth-order valence-corrected chi connectivity index (χ4v) is 1.83. The molecule has 1 heterocycles. The van der Waals surface area contributed by atoms with Crippen LogP contribution >= 0.6 is 0 Å². The molecule has 1 aromatic carbocycles. The number of rotatable bonds is 3. The Morgan fingerprint density at radius 1 is 1.22 bits per heavy atom. The van der Waals surface area contributed by atoms with Crippen molar-refractivity contribution in [3.8, 4) is 0 Å². The van der Waals surface area contributed by atoms with Crippen LogP contribution in [0, 0.1) is 6.92 Å². The second kappa shape index (κ2) is 5.45. The molecule has 3 heteroatoms. The topological polar surface area (TPSA) is 42.0 Å². The summed E-state index contributed by atoms with van der Waals surface area (Å²) in [7, 11) is 0. The Balaban J connectivity index is 2.11. The number of hydrogen-bond acceptors (Lipinski definition) is 2. The predicted molar refractivity (Wildman–Crippen MR) is 71.3 cm³/mol. The van der Waals surface area contributed by atoms with E-state index in [-0.39, 0.29) is 11.9 Å². The monoisotopic (exact) mass is 240 g/mol. The van der Waals surface area contributed by atoms with Gasteiger partial charge in [-0.15, -0.1) is 0 Å². The molecule has 0 aliphatic carbocycles. The average molecular weight is 240 g/mol. The van der Waals surface area contributed by atoms with Crippen LogP contribution in [-0.4, -0.2) is 10.9 Å². The van der Waals surface area contributed by atoms with Gasteiger partial charge in [0, 0.05) is 18.0 Å². The van der Waals surface area contributed by atoms with Gasteiger partial charge in [-0.05, 0) is 31.0 Å². The molecular weight excluding hydrogens is 224 g/mol. The summed E-state index contributed by atoms with van der Waals surface area (Å²) in [6.07, 6.45) is 3.33. The third kappa shape index (κ3) is 2.74. The lowest BCUT2D eigenvalue weighted by atomic mass is 10.1. The molecule has 0 aliphatic heterocycles. The summed E-state index contributed by atoms with van der Waals surface area (Å²) in [5.74, 6) is -0.0637. The van der Waals surface area contributed by atoms with Crippen LogP contribution in [0.3, 0.4) is 0 Å². The Morgan fingerprint density at radius 2 is 1.94 bits per heavy atom. The van der Waals surface area contributed by atoms with E-state index >= 15 is 0 Å². The van der Waals surface area contributed by atoms with E-state index < -0.39 is 0 Å². The molecule has 1 N–H and O–H groups in total. The lowest BCUT2D eigenvalue weighted by molar-refractivity contribution is 0.0939. The minimum atomic E-state index is -0.0637. The molecule has 2 aromatic rings. The largest absolute Gasteiger partial charge is 0.346 e. The molecule has 1 aromatic heterocycles. The molecule has 0 unspecified atom stereocenters. The van der Waals surface area contributed by atoms with Crippen LogP contribution in [0.2, 0.25) is 0 Å². The van der Waals surface area contributed by atoms with Gasteiger partial charge >= 0.3 is 0 Å². The van der Waals surface area contributed by atoms with Gasteiger partial charge < -0.3 is 5.32 Å². The predicted octanol–water partition coefficient (Wildman–Crippen LogP) is 2.88. The second-order valence-corrected chi connectivity index (χ2v) is 4.30. The number of nitrogens with one attached hydrogen (secondary N) is 1. The van der Waals surface area contributed by atoms with E-state index in [1.807, 2.05) is 44.2 Å². The highest BCUT2D eigenvalue weighted by atomic mass is 16.1. The van der Waals surface area contributed by atoms with Crippen LogP contribution in [0.25, 0.3) is 0 Å². The number of carbonyl (C=O) groups is 1. The summed E-state index contributed by atoms with van der Waals surface area (Å²) in [5.41, 5.74) is 2.65. The summed E-state index contributed by atoms with van der Waals surface area (Å²) in [6.45, 7) is 3.86. The van der Waals surface area contributed by atoms with Crippen molar-refractivity contribution in [3.63, 3.8) is 0 Å². The number of nitrogens with zero attached hydrogens (tertiary/aromatic N) is 1. The zero-order chi connectivity index (χ0) is 13.0. The first-order chi connectivity index (χ1) is 8.68. The third-order valence-corrected chi connectivity index (χ3v) is 2.91. The van der Waals surface area contributed by atoms with Crippen LogP contribution in [0.5, 0.6) is 0 Å². The minimum absolute atomic E-state index is 0.00809. The van der Waals surface area contributed by atoms with Crippen molar-refractivity contribution in [2.45, 2.75) is 19.9 Å². The zero-order valence-electron chi connectivity index (χ0n) is 10.6. The molecular formula is C15H16N2O. The van der Waals surface area contributed by atoms with Crippen LogP contribution in [0.15, 0.2) is 48.8 Å². The van der Waals surface area contributed by atoms with E-state index in [0.29, 0.717) is 5.56 Å². The normalized spacial score (nSPS) is 11.9. The van der Waals surface area contributed by atoms with E-state index in [4.69, 9.17) is 0 Å². The number of aryl methyl sites for hydroxylation is 1. The molecule has 3 nitrogen and oxygen atoms in total. The molecule has 0 bridgehead atoms. The van der Waals surface area contributed by atoms with Crippen molar-refractivity contribution in [1.29, 1.82) is 0 Å². The first-order valence-corrected chi connectivity index (χ1v) is 5.95. The van der Waals surface area contributed by atoms with Gasteiger partial charge in [0.1, 0.15) is 0 Å². The van der Waals surface area contributed by atoms with Crippen molar-refractivity contribution < 1.29 is 4.79 Å². The number of benzene rings is 1. The maximum absolute atomic E-state index is 12.1. The Hall–Kier alpha value is -2.16. The van der Waals surface area contributed by atoms with Crippen LogP contribution in [0.1, 0.15) is 34.5 Å². The molecule has 1 amide bonds. The van der Waals surface area contributed by atoms with Crippen molar-refractivity contribution in [3.05, 3.63) is 65.5 Å². The summed E-state index contributed by atoms with van der Waals surface area (Å²) >= 11 is 0. The molecule has 1 atom stereocenters. The second-order valence-electron chi connectivity index (χ2n) is 4.30. The Bertz CT molecular complexity index is 537.